The van der Waals surface area contributed by atoms with Gasteiger partial charge in [0, 0.05) is 0 Å². The summed E-state index contributed by atoms with van der Waals surface area (Å²) >= 11 is 0. The minimum atomic E-state index is -3.75. The van der Waals surface area contributed by atoms with Crippen LogP contribution in [0.1, 0.15) is 29.7 Å². The summed E-state index contributed by atoms with van der Waals surface area (Å²) in [5, 5.41) is 2.87. The van der Waals surface area contributed by atoms with E-state index in [-0.39, 0.29) is 23.5 Å². The molecular weight excluding hydrogens is 440 g/mol. The van der Waals surface area contributed by atoms with E-state index in [0.29, 0.717) is 11.4 Å². The van der Waals surface area contributed by atoms with Crippen LogP contribution < -0.4 is 19.5 Å². The van der Waals surface area contributed by atoms with Crippen molar-refractivity contribution < 1.29 is 22.7 Å². The summed E-state index contributed by atoms with van der Waals surface area (Å²) in [6.07, 6.45) is 0. The maximum atomic E-state index is 12.7. The first-order valence-corrected chi connectivity index (χ1v) is 11.9. The fraction of sp³-hybridized carbons (Fsp3) is 0.240. The number of sulfonamides is 1. The quantitative estimate of drug-likeness (QED) is 0.486. The van der Waals surface area contributed by atoms with Crippen molar-refractivity contribution in [3.63, 3.8) is 0 Å². The van der Waals surface area contributed by atoms with E-state index in [1.165, 1.54) is 24.3 Å². The van der Waals surface area contributed by atoms with Crippen LogP contribution in [0, 0.1) is 13.8 Å². The molecule has 8 heteroatoms. The predicted molar refractivity (Wildman–Crippen MR) is 128 cm³/mol. The third-order valence-electron chi connectivity index (χ3n) is 5.13. The smallest absolute Gasteiger partial charge is 0.261 e. The number of carbonyl (C=O) groups excluding carboxylic acids is 1. The standard InChI is InChI=1S/C25H28N2O5S/c1-17-5-6-18(2)24(15-17)27-33(29,30)23-13-11-22(12-14-23)32-16-25(28)26-19(3)20-7-9-21(31-4)10-8-20/h5-15,19,27H,16H2,1-4H3,(H,26,28)/t19-/m1/s1. The minimum Gasteiger partial charge on any atom is -0.497 e. The highest BCUT2D eigenvalue weighted by atomic mass is 32.2. The van der Waals surface area contributed by atoms with Crippen molar-refractivity contribution in [3.05, 3.63) is 83.4 Å². The topological polar surface area (TPSA) is 93.7 Å². The number of amides is 1. The van der Waals surface area contributed by atoms with Gasteiger partial charge < -0.3 is 14.8 Å². The summed E-state index contributed by atoms with van der Waals surface area (Å²) in [5.41, 5.74) is 3.27. The summed E-state index contributed by atoms with van der Waals surface area (Å²) in [5.74, 6) is 0.856. The molecule has 1 amide bonds. The molecule has 0 aliphatic carbocycles. The molecule has 174 valence electrons. The second kappa shape index (κ2) is 10.4. The lowest BCUT2D eigenvalue weighted by Crippen LogP contribution is -2.31. The number of nitrogens with one attached hydrogen (secondary N) is 2. The van der Waals surface area contributed by atoms with E-state index in [9.17, 15) is 13.2 Å². The van der Waals surface area contributed by atoms with Gasteiger partial charge in [0.05, 0.1) is 23.7 Å². The molecule has 1 atom stereocenters. The highest BCUT2D eigenvalue weighted by Gasteiger charge is 2.16. The Balaban J connectivity index is 1.56. The number of benzene rings is 3. The van der Waals surface area contributed by atoms with Crippen molar-refractivity contribution in [1.29, 1.82) is 0 Å². The van der Waals surface area contributed by atoms with Crippen molar-refractivity contribution in [1.82, 2.24) is 5.32 Å². The van der Waals surface area contributed by atoms with Gasteiger partial charge in [0.25, 0.3) is 15.9 Å². The molecule has 0 saturated heterocycles. The predicted octanol–water partition coefficient (Wildman–Crippen LogP) is 4.37. The number of methoxy groups -OCH3 is 1. The van der Waals surface area contributed by atoms with E-state index in [1.807, 2.05) is 57.2 Å². The van der Waals surface area contributed by atoms with E-state index >= 15 is 0 Å². The molecule has 0 aliphatic heterocycles. The minimum absolute atomic E-state index is 0.105. The van der Waals surface area contributed by atoms with Crippen molar-refractivity contribution >= 4 is 21.6 Å². The van der Waals surface area contributed by atoms with Gasteiger partial charge in [0.1, 0.15) is 11.5 Å². The molecule has 3 aromatic carbocycles. The van der Waals surface area contributed by atoms with Crippen LogP contribution in [0.25, 0.3) is 0 Å². The van der Waals surface area contributed by atoms with E-state index < -0.39 is 10.0 Å². The van der Waals surface area contributed by atoms with E-state index in [0.717, 1.165) is 22.4 Å². The van der Waals surface area contributed by atoms with E-state index in [4.69, 9.17) is 9.47 Å². The molecule has 0 fully saturated rings. The van der Waals surface area contributed by atoms with Crippen LogP contribution in [0.3, 0.4) is 0 Å². The lowest BCUT2D eigenvalue weighted by atomic mass is 10.1. The van der Waals surface area contributed by atoms with Gasteiger partial charge in [0.15, 0.2) is 6.61 Å². The first-order valence-electron chi connectivity index (χ1n) is 10.4. The number of hydrogen-bond donors (Lipinski definition) is 2. The Kier molecular flexibility index (Phi) is 7.60. The number of rotatable bonds is 9. The van der Waals surface area contributed by atoms with Crippen LogP contribution in [0.5, 0.6) is 11.5 Å². The van der Waals surface area contributed by atoms with E-state index in [1.54, 1.807) is 13.2 Å². The molecule has 0 aliphatic rings. The van der Waals surface area contributed by atoms with Crippen LogP contribution in [-0.4, -0.2) is 28.0 Å². The first kappa shape index (κ1) is 24.1. The Morgan fingerprint density at radius 2 is 1.58 bits per heavy atom. The zero-order valence-electron chi connectivity index (χ0n) is 19.1. The Morgan fingerprint density at radius 3 is 2.21 bits per heavy atom. The number of aryl methyl sites for hydroxylation is 2. The fourth-order valence-corrected chi connectivity index (χ4v) is 4.29. The molecule has 33 heavy (non-hydrogen) atoms. The van der Waals surface area contributed by atoms with Gasteiger partial charge in [-0.25, -0.2) is 8.42 Å². The van der Waals surface area contributed by atoms with Gasteiger partial charge in [-0.1, -0.05) is 24.3 Å². The molecule has 3 rings (SSSR count). The SMILES string of the molecule is COc1ccc([C@@H](C)NC(=O)COc2ccc(S(=O)(=O)Nc3cc(C)ccc3C)cc2)cc1. The molecule has 0 heterocycles. The second-order valence-corrected chi connectivity index (χ2v) is 9.43. The second-order valence-electron chi connectivity index (χ2n) is 7.75. The molecule has 0 saturated carbocycles. The first-order chi connectivity index (χ1) is 15.7. The molecular formula is C25H28N2O5S. The summed E-state index contributed by atoms with van der Waals surface area (Å²) in [7, 11) is -2.15. The molecule has 0 aromatic heterocycles. The zero-order chi connectivity index (χ0) is 24.0. The average Bonchev–Trinajstić information content (AvgIpc) is 2.80. The zero-order valence-corrected chi connectivity index (χ0v) is 19.9. The van der Waals surface area contributed by atoms with Gasteiger partial charge >= 0.3 is 0 Å². The van der Waals surface area contributed by atoms with Gasteiger partial charge in [-0.2, -0.15) is 0 Å². The molecule has 7 nitrogen and oxygen atoms in total. The Morgan fingerprint density at radius 1 is 0.939 bits per heavy atom. The van der Waals surface area contributed by atoms with Crippen molar-refractivity contribution in [2.45, 2.75) is 31.7 Å². The van der Waals surface area contributed by atoms with Crippen molar-refractivity contribution in [3.8, 4) is 11.5 Å². The monoisotopic (exact) mass is 468 g/mol. The number of ether oxygens (including phenoxy) is 2. The Labute approximate surface area is 194 Å². The normalized spacial score (nSPS) is 12.0. The van der Waals surface area contributed by atoms with Crippen LogP contribution in [0.4, 0.5) is 5.69 Å². The molecule has 0 radical (unpaired) electrons. The van der Waals surface area contributed by atoms with Gasteiger partial charge in [-0.15, -0.1) is 0 Å². The Bertz CT molecular complexity index is 1210. The molecule has 0 spiro atoms. The Hall–Kier alpha value is -3.52. The molecule has 3 aromatic rings. The van der Waals surface area contributed by atoms with Crippen LogP contribution in [0.15, 0.2) is 71.6 Å². The van der Waals surface area contributed by atoms with Crippen molar-refractivity contribution in [2.75, 3.05) is 18.4 Å². The summed E-state index contributed by atoms with van der Waals surface area (Å²) in [4.78, 5) is 12.4. The number of anilines is 1. The molecule has 2 N–H and O–H groups in total. The van der Waals surface area contributed by atoms with E-state index in [2.05, 4.69) is 10.0 Å². The maximum Gasteiger partial charge on any atom is 0.261 e. The van der Waals surface area contributed by atoms with Crippen LogP contribution in [0.2, 0.25) is 0 Å². The summed E-state index contributed by atoms with van der Waals surface area (Å²) in [6, 6.07) is 18.8. The molecule has 0 bridgehead atoms. The van der Waals surface area contributed by atoms with Gasteiger partial charge in [-0.05, 0) is 79.9 Å². The lowest BCUT2D eigenvalue weighted by Gasteiger charge is -2.15. The number of carbonyl (C=O) groups is 1. The van der Waals surface area contributed by atoms with Crippen LogP contribution >= 0.6 is 0 Å². The summed E-state index contributed by atoms with van der Waals surface area (Å²) in [6.45, 7) is 5.43. The van der Waals surface area contributed by atoms with Crippen molar-refractivity contribution in [2.24, 2.45) is 0 Å². The van der Waals surface area contributed by atoms with Gasteiger partial charge in [0.2, 0.25) is 0 Å². The largest absolute Gasteiger partial charge is 0.497 e. The third-order valence-corrected chi connectivity index (χ3v) is 6.52. The fourth-order valence-electron chi connectivity index (χ4n) is 3.17. The highest BCUT2D eigenvalue weighted by Crippen LogP contribution is 2.23. The highest BCUT2D eigenvalue weighted by molar-refractivity contribution is 7.92. The lowest BCUT2D eigenvalue weighted by molar-refractivity contribution is -0.123. The number of hydrogen-bond acceptors (Lipinski definition) is 5. The summed E-state index contributed by atoms with van der Waals surface area (Å²) < 4.78 is 38.7. The molecule has 0 unspecified atom stereocenters. The van der Waals surface area contributed by atoms with Gasteiger partial charge in [-0.3, -0.25) is 9.52 Å². The third kappa shape index (κ3) is 6.49. The maximum absolute atomic E-state index is 12.7. The van der Waals surface area contributed by atoms with Crippen LogP contribution in [-0.2, 0) is 14.8 Å². The average molecular weight is 469 g/mol.